The number of amides is 2. The predicted molar refractivity (Wildman–Crippen MR) is 125 cm³/mol. The molecule has 0 saturated heterocycles. The Morgan fingerprint density at radius 3 is 2.32 bits per heavy atom. The maximum Gasteiger partial charge on any atom is 0.309 e. The van der Waals surface area contributed by atoms with E-state index in [9.17, 15) is 28.2 Å². The van der Waals surface area contributed by atoms with Crippen LogP contribution in [0.25, 0.3) is 0 Å². The first-order valence-corrected chi connectivity index (χ1v) is 12.7. The number of carbonyl (C=O) groups excluding carboxylic acids is 2. The van der Waals surface area contributed by atoms with Crippen LogP contribution in [0.5, 0.6) is 0 Å². The number of nitrogens with zero attached hydrogens (tertiary/aromatic N) is 1. The van der Waals surface area contributed by atoms with Gasteiger partial charge in [-0.25, -0.2) is 13.1 Å². The van der Waals surface area contributed by atoms with Crippen molar-refractivity contribution < 1.29 is 32.6 Å². The van der Waals surface area contributed by atoms with Crippen LogP contribution in [0.15, 0.2) is 41.0 Å². The number of hydrogen-bond donors (Lipinski definition) is 5. The molecule has 1 aromatic carbocycles. The summed E-state index contributed by atoms with van der Waals surface area (Å²) in [6.45, 7) is 5.51. The summed E-state index contributed by atoms with van der Waals surface area (Å²) in [5, 5.41) is 26.8. The molecule has 11 nitrogen and oxygen atoms in total. The van der Waals surface area contributed by atoms with Crippen LogP contribution in [0, 0.1) is 11.8 Å². The van der Waals surface area contributed by atoms with Gasteiger partial charge in [-0.2, -0.15) is 4.98 Å². The highest BCUT2D eigenvalue weighted by Crippen LogP contribution is 2.18. The van der Waals surface area contributed by atoms with Crippen molar-refractivity contribution in [1.82, 2.24) is 15.6 Å². The van der Waals surface area contributed by atoms with Crippen LogP contribution in [-0.2, 0) is 21.4 Å². The monoisotopic (exact) mass is 496 g/mol. The molecule has 4 unspecified atom stereocenters. The van der Waals surface area contributed by atoms with Gasteiger partial charge in [0.15, 0.2) is 5.69 Å². The molecule has 0 radical (unpaired) electrons. The van der Waals surface area contributed by atoms with Crippen LogP contribution >= 0.6 is 0 Å². The summed E-state index contributed by atoms with van der Waals surface area (Å²) < 4.78 is 29.5. The number of aliphatic hydroxyl groups excluding tert-OH is 2. The van der Waals surface area contributed by atoms with Gasteiger partial charge in [-0.3, -0.25) is 9.59 Å². The summed E-state index contributed by atoms with van der Waals surface area (Å²) in [5.74, 6) is -2.10. The molecule has 0 spiro atoms. The van der Waals surface area contributed by atoms with E-state index in [-0.39, 0.29) is 24.2 Å². The molecule has 2 rings (SSSR count). The van der Waals surface area contributed by atoms with Crippen molar-refractivity contribution in [3.8, 4) is 0 Å². The largest absolute Gasteiger partial charge is 0.431 e. The summed E-state index contributed by atoms with van der Waals surface area (Å²) in [7, 11) is -3.64. The third kappa shape index (κ3) is 8.43. The number of carbonyl (C=O) groups is 2. The molecule has 12 heteroatoms. The fourth-order valence-electron chi connectivity index (χ4n) is 3.25. The number of benzene rings is 1. The summed E-state index contributed by atoms with van der Waals surface area (Å²) in [5.41, 5.74) is 0.677. The van der Waals surface area contributed by atoms with Gasteiger partial charge in [0, 0.05) is 6.54 Å². The lowest BCUT2D eigenvalue weighted by Gasteiger charge is -2.31. The highest BCUT2D eigenvalue weighted by atomic mass is 32.2. The number of sulfonamides is 1. The molecule has 0 aliphatic rings. The Morgan fingerprint density at radius 1 is 1.09 bits per heavy atom. The van der Waals surface area contributed by atoms with Crippen molar-refractivity contribution in [3.63, 3.8) is 0 Å². The van der Waals surface area contributed by atoms with E-state index in [2.05, 4.69) is 15.6 Å². The average molecular weight is 497 g/mol. The first-order valence-electron chi connectivity index (χ1n) is 10.8. The van der Waals surface area contributed by atoms with E-state index >= 15 is 0 Å². The molecule has 1 heterocycles. The number of hydrogen-bond acceptors (Lipinski definition) is 8. The molecule has 2 amide bonds. The van der Waals surface area contributed by atoms with Gasteiger partial charge in [0.25, 0.3) is 5.91 Å². The second-order valence-electron chi connectivity index (χ2n) is 8.59. The van der Waals surface area contributed by atoms with Crippen molar-refractivity contribution in [1.29, 1.82) is 0 Å². The Hall–Kier alpha value is -2.96. The minimum absolute atomic E-state index is 0.0362. The zero-order chi connectivity index (χ0) is 25.5. The standard InChI is InChI=1S/C22H32N4O7S/c1-13(2)10-16(24-21(30)17-12-33-22(25-17)26-34(4,31)32)19(28)18(27)14(3)20(29)23-11-15-8-6-5-7-9-15/h5-9,12-14,16,18-19,27-28H,10-11H2,1-4H3,(H,23,29)(H,24,30)(H,25,26). The minimum atomic E-state index is -3.64. The van der Waals surface area contributed by atoms with Crippen LogP contribution in [0.4, 0.5) is 6.01 Å². The van der Waals surface area contributed by atoms with Gasteiger partial charge in [0.1, 0.15) is 12.4 Å². The third-order valence-electron chi connectivity index (χ3n) is 5.05. The van der Waals surface area contributed by atoms with Crippen LogP contribution in [0.3, 0.4) is 0 Å². The Balaban J connectivity index is 2.04. The Morgan fingerprint density at radius 2 is 1.74 bits per heavy atom. The Kier molecular flexibility index (Phi) is 9.59. The maximum absolute atomic E-state index is 12.6. The topological polar surface area (TPSA) is 171 Å². The fraction of sp³-hybridized carbons (Fsp3) is 0.500. The first-order chi connectivity index (χ1) is 15.9. The molecule has 0 aliphatic heterocycles. The van der Waals surface area contributed by atoms with Gasteiger partial charge < -0.3 is 25.3 Å². The Labute approximate surface area is 199 Å². The molecule has 188 valence electrons. The highest BCUT2D eigenvalue weighted by Gasteiger charge is 2.35. The predicted octanol–water partition coefficient (Wildman–Crippen LogP) is 0.865. The van der Waals surface area contributed by atoms with Crippen molar-refractivity contribution in [3.05, 3.63) is 47.9 Å². The summed E-state index contributed by atoms with van der Waals surface area (Å²) in [4.78, 5) is 28.9. The fourth-order valence-corrected chi connectivity index (χ4v) is 3.66. The minimum Gasteiger partial charge on any atom is -0.431 e. The van der Waals surface area contributed by atoms with E-state index < -0.39 is 46.0 Å². The van der Waals surface area contributed by atoms with Gasteiger partial charge in [0.2, 0.25) is 15.9 Å². The quantitative estimate of drug-likeness (QED) is 0.288. The van der Waals surface area contributed by atoms with E-state index in [0.29, 0.717) is 6.42 Å². The molecule has 34 heavy (non-hydrogen) atoms. The summed E-state index contributed by atoms with van der Waals surface area (Å²) in [6, 6.07) is 7.97. The molecule has 2 aromatic rings. The van der Waals surface area contributed by atoms with E-state index in [1.165, 1.54) is 6.92 Å². The third-order valence-corrected chi connectivity index (χ3v) is 5.59. The average Bonchev–Trinajstić information content (AvgIpc) is 3.22. The molecular formula is C22H32N4O7S. The number of oxazole rings is 1. The van der Waals surface area contributed by atoms with Crippen LogP contribution < -0.4 is 15.4 Å². The van der Waals surface area contributed by atoms with Crippen LogP contribution in [0.1, 0.15) is 43.2 Å². The van der Waals surface area contributed by atoms with Gasteiger partial charge in [-0.15, -0.1) is 0 Å². The maximum atomic E-state index is 12.6. The molecule has 0 bridgehead atoms. The SMILES string of the molecule is CC(C)CC(NC(=O)c1coc(NS(C)(=O)=O)n1)C(O)C(O)C(C)C(=O)NCc1ccccc1. The van der Waals surface area contributed by atoms with E-state index in [4.69, 9.17) is 4.42 Å². The number of nitrogens with one attached hydrogen (secondary N) is 3. The lowest BCUT2D eigenvalue weighted by molar-refractivity contribution is -0.132. The highest BCUT2D eigenvalue weighted by molar-refractivity contribution is 7.91. The van der Waals surface area contributed by atoms with E-state index in [0.717, 1.165) is 18.1 Å². The van der Waals surface area contributed by atoms with E-state index in [1.54, 1.807) is 0 Å². The lowest BCUT2D eigenvalue weighted by Crippen LogP contribution is -2.53. The second-order valence-corrected chi connectivity index (χ2v) is 10.3. The summed E-state index contributed by atoms with van der Waals surface area (Å²) in [6.07, 6.45) is -0.736. The molecule has 0 fully saturated rings. The number of rotatable bonds is 12. The molecular weight excluding hydrogens is 464 g/mol. The molecule has 4 atom stereocenters. The molecule has 0 aliphatic carbocycles. The van der Waals surface area contributed by atoms with Crippen molar-refractivity contribution >= 4 is 27.9 Å². The summed E-state index contributed by atoms with van der Waals surface area (Å²) >= 11 is 0. The van der Waals surface area contributed by atoms with E-state index in [1.807, 2.05) is 48.9 Å². The van der Waals surface area contributed by atoms with Gasteiger partial charge in [0.05, 0.1) is 24.3 Å². The number of anilines is 1. The Bertz CT molecular complexity index is 1060. The normalized spacial score (nSPS) is 15.3. The van der Waals surface area contributed by atoms with Crippen molar-refractivity contribution in [2.45, 2.75) is 52.0 Å². The van der Waals surface area contributed by atoms with Gasteiger partial charge >= 0.3 is 6.01 Å². The molecule has 0 saturated carbocycles. The number of aliphatic hydroxyl groups is 2. The smallest absolute Gasteiger partial charge is 0.309 e. The number of aromatic nitrogens is 1. The van der Waals surface area contributed by atoms with Crippen molar-refractivity contribution in [2.75, 3.05) is 11.0 Å². The van der Waals surface area contributed by atoms with Gasteiger partial charge in [-0.05, 0) is 17.9 Å². The molecule has 5 N–H and O–H groups in total. The molecule has 1 aromatic heterocycles. The van der Waals surface area contributed by atoms with Gasteiger partial charge in [-0.1, -0.05) is 51.1 Å². The lowest BCUT2D eigenvalue weighted by atomic mass is 9.90. The zero-order valence-electron chi connectivity index (χ0n) is 19.6. The zero-order valence-corrected chi connectivity index (χ0v) is 20.4. The van der Waals surface area contributed by atoms with Crippen LogP contribution in [0.2, 0.25) is 0 Å². The van der Waals surface area contributed by atoms with Crippen molar-refractivity contribution in [2.24, 2.45) is 11.8 Å². The van der Waals surface area contributed by atoms with Crippen LogP contribution in [-0.4, -0.2) is 59.9 Å². The first kappa shape index (κ1) is 27.3. The second kappa shape index (κ2) is 12.0.